The lowest BCUT2D eigenvalue weighted by Gasteiger charge is -2.27. The number of para-hydroxylation sites is 1. The van der Waals surface area contributed by atoms with Crippen molar-refractivity contribution in [1.82, 2.24) is 4.98 Å². The number of nitrogens with zero attached hydrogens (tertiary/aromatic N) is 1. The number of hydrogen-bond donors (Lipinski definition) is 1. The molecule has 1 aliphatic carbocycles. The van der Waals surface area contributed by atoms with E-state index in [0.29, 0.717) is 5.92 Å². The van der Waals surface area contributed by atoms with Crippen LogP contribution in [0, 0.1) is 5.92 Å². The molecule has 1 saturated carbocycles. The molecule has 2 N–H and O–H groups in total. The predicted molar refractivity (Wildman–Crippen MR) is 82.5 cm³/mol. The number of fused-ring (bicyclic) bond motifs is 1. The Morgan fingerprint density at radius 1 is 1.00 bits per heavy atom. The zero-order valence-corrected chi connectivity index (χ0v) is 11.9. The molecule has 0 amide bonds. The Balaban J connectivity index is 0.00000133. The Hall–Kier alpha value is -1.12. The fraction of sp³-hybridized carbons (Fsp3) is 0.438. The second kappa shape index (κ2) is 6.36. The van der Waals surface area contributed by atoms with Gasteiger partial charge in [0, 0.05) is 11.4 Å². The van der Waals surface area contributed by atoms with Crippen molar-refractivity contribution < 1.29 is 0 Å². The first-order valence-electron chi connectivity index (χ1n) is 6.96. The smallest absolute Gasteiger partial charge is 0.0706 e. The van der Waals surface area contributed by atoms with Crippen LogP contribution in [0.5, 0.6) is 0 Å². The number of rotatable bonds is 2. The highest BCUT2D eigenvalue weighted by molar-refractivity contribution is 5.85. The molecule has 3 rings (SSSR count). The van der Waals surface area contributed by atoms with Crippen LogP contribution in [-0.4, -0.2) is 4.98 Å². The third kappa shape index (κ3) is 3.07. The molecule has 1 atom stereocenters. The first-order valence-corrected chi connectivity index (χ1v) is 6.96. The van der Waals surface area contributed by atoms with E-state index in [0.717, 1.165) is 11.2 Å². The Labute approximate surface area is 120 Å². The molecule has 1 fully saturated rings. The van der Waals surface area contributed by atoms with E-state index in [-0.39, 0.29) is 18.4 Å². The highest BCUT2D eigenvalue weighted by Gasteiger charge is 2.22. The average molecular weight is 277 g/mol. The van der Waals surface area contributed by atoms with Gasteiger partial charge in [-0.3, -0.25) is 4.98 Å². The SMILES string of the molecule is Cl.N[C@@H](c1ccc2ccccc2n1)C1CCCCC1. The highest BCUT2D eigenvalue weighted by atomic mass is 35.5. The van der Waals surface area contributed by atoms with Gasteiger partial charge in [0.2, 0.25) is 0 Å². The van der Waals surface area contributed by atoms with E-state index < -0.39 is 0 Å². The minimum atomic E-state index is 0. The summed E-state index contributed by atoms with van der Waals surface area (Å²) in [5.41, 5.74) is 8.51. The maximum absolute atomic E-state index is 6.40. The van der Waals surface area contributed by atoms with Gasteiger partial charge in [0.1, 0.15) is 0 Å². The van der Waals surface area contributed by atoms with E-state index >= 15 is 0 Å². The summed E-state index contributed by atoms with van der Waals surface area (Å²) in [6.45, 7) is 0. The number of nitrogens with two attached hydrogens (primary N) is 1. The topological polar surface area (TPSA) is 38.9 Å². The van der Waals surface area contributed by atoms with Crippen molar-refractivity contribution in [3.8, 4) is 0 Å². The molecule has 0 aliphatic heterocycles. The monoisotopic (exact) mass is 276 g/mol. The molecular weight excluding hydrogens is 256 g/mol. The molecule has 0 bridgehead atoms. The Bertz CT molecular complexity index is 535. The third-order valence-electron chi connectivity index (χ3n) is 4.12. The van der Waals surface area contributed by atoms with Crippen LogP contribution in [0.3, 0.4) is 0 Å². The summed E-state index contributed by atoms with van der Waals surface area (Å²) < 4.78 is 0. The van der Waals surface area contributed by atoms with Gasteiger partial charge in [0.25, 0.3) is 0 Å². The second-order valence-corrected chi connectivity index (χ2v) is 5.35. The predicted octanol–water partition coefficient (Wildman–Crippen LogP) is 4.24. The van der Waals surface area contributed by atoms with Gasteiger partial charge < -0.3 is 5.73 Å². The van der Waals surface area contributed by atoms with Crippen molar-refractivity contribution >= 4 is 23.3 Å². The quantitative estimate of drug-likeness (QED) is 0.891. The van der Waals surface area contributed by atoms with E-state index in [2.05, 4.69) is 24.3 Å². The van der Waals surface area contributed by atoms with Gasteiger partial charge in [-0.1, -0.05) is 43.5 Å². The molecule has 0 saturated heterocycles. The van der Waals surface area contributed by atoms with Gasteiger partial charge in [0.15, 0.2) is 0 Å². The summed E-state index contributed by atoms with van der Waals surface area (Å²) in [5.74, 6) is 0.618. The molecule has 1 aromatic carbocycles. The zero-order valence-electron chi connectivity index (χ0n) is 11.1. The highest BCUT2D eigenvalue weighted by Crippen LogP contribution is 2.32. The number of benzene rings is 1. The molecule has 0 radical (unpaired) electrons. The van der Waals surface area contributed by atoms with Crippen molar-refractivity contribution in [3.63, 3.8) is 0 Å². The normalized spacial score (nSPS) is 17.9. The van der Waals surface area contributed by atoms with Gasteiger partial charge in [-0.2, -0.15) is 0 Å². The van der Waals surface area contributed by atoms with Crippen LogP contribution in [0.4, 0.5) is 0 Å². The molecule has 2 nitrogen and oxygen atoms in total. The van der Waals surface area contributed by atoms with Crippen LogP contribution < -0.4 is 5.73 Å². The van der Waals surface area contributed by atoms with Gasteiger partial charge in [-0.05, 0) is 30.9 Å². The number of pyridine rings is 1. The Kier molecular flexibility index (Phi) is 4.78. The molecule has 1 aliphatic rings. The first-order chi connectivity index (χ1) is 8.84. The van der Waals surface area contributed by atoms with Crippen LogP contribution in [-0.2, 0) is 0 Å². The molecule has 1 aromatic heterocycles. The summed E-state index contributed by atoms with van der Waals surface area (Å²) in [7, 11) is 0. The summed E-state index contributed by atoms with van der Waals surface area (Å²) in [6.07, 6.45) is 6.54. The molecule has 2 aromatic rings. The molecule has 19 heavy (non-hydrogen) atoms. The van der Waals surface area contributed by atoms with Crippen molar-refractivity contribution in [2.75, 3.05) is 0 Å². The third-order valence-corrected chi connectivity index (χ3v) is 4.12. The van der Waals surface area contributed by atoms with Crippen molar-refractivity contribution in [1.29, 1.82) is 0 Å². The van der Waals surface area contributed by atoms with Gasteiger partial charge in [-0.15, -0.1) is 12.4 Å². The lowest BCUT2D eigenvalue weighted by molar-refractivity contribution is 0.305. The largest absolute Gasteiger partial charge is 0.322 e. The molecule has 3 heteroatoms. The molecule has 0 spiro atoms. The minimum absolute atomic E-state index is 0. The Morgan fingerprint density at radius 2 is 1.74 bits per heavy atom. The van der Waals surface area contributed by atoms with Crippen molar-refractivity contribution in [2.45, 2.75) is 38.1 Å². The van der Waals surface area contributed by atoms with Crippen LogP contribution >= 0.6 is 12.4 Å². The minimum Gasteiger partial charge on any atom is -0.322 e. The fourth-order valence-electron chi connectivity index (χ4n) is 3.00. The number of hydrogen-bond acceptors (Lipinski definition) is 2. The van der Waals surface area contributed by atoms with Crippen LogP contribution in [0.1, 0.15) is 43.8 Å². The first kappa shape index (κ1) is 14.3. The standard InChI is InChI=1S/C16H20N2.ClH/c17-16(13-7-2-1-3-8-13)15-11-10-12-6-4-5-9-14(12)18-15;/h4-6,9-11,13,16H,1-3,7-8,17H2;1H/t16-;/m1./s1. The van der Waals surface area contributed by atoms with Gasteiger partial charge in [0.05, 0.1) is 11.2 Å². The molecule has 0 unspecified atom stereocenters. The fourth-order valence-corrected chi connectivity index (χ4v) is 3.00. The summed E-state index contributed by atoms with van der Waals surface area (Å²) in [4.78, 5) is 4.73. The van der Waals surface area contributed by atoms with Crippen LogP contribution in [0.25, 0.3) is 10.9 Å². The summed E-state index contributed by atoms with van der Waals surface area (Å²) in [6, 6.07) is 12.6. The van der Waals surface area contributed by atoms with Gasteiger partial charge in [-0.25, -0.2) is 0 Å². The number of aromatic nitrogens is 1. The van der Waals surface area contributed by atoms with E-state index in [9.17, 15) is 0 Å². The van der Waals surface area contributed by atoms with E-state index in [1.165, 1.54) is 37.5 Å². The lowest BCUT2D eigenvalue weighted by Crippen LogP contribution is -2.24. The maximum atomic E-state index is 6.40. The molecular formula is C16H21ClN2. The van der Waals surface area contributed by atoms with Crippen molar-refractivity contribution in [2.24, 2.45) is 11.7 Å². The second-order valence-electron chi connectivity index (χ2n) is 5.35. The lowest BCUT2D eigenvalue weighted by atomic mass is 9.83. The summed E-state index contributed by atoms with van der Waals surface area (Å²) in [5, 5.41) is 1.19. The van der Waals surface area contributed by atoms with Crippen molar-refractivity contribution in [3.05, 3.63) is 42.1 Å². The van der Waals surface area contributed by atoms with E-state index in [1.54, 1.807) is 0 Å². The van der Waals surface area contributed by atoms with Gasteiger partial charge >= 0.3 is 0 Å². The number of halogens is 1. The molecule has 1 heterocycles. The Morgan fingerprint density at radius 3 is 2.53 bits per heavy atom. The summed E-state index contributed by atoms with van der Waals surface area (Å²) >= 11 is 0. The molecule has 102 valence electrons. The van der Waals surface area contributed by atoms with E-state index in [4.69, 9.17) is 10.7 Å². The average Bonchev–Trinajstić information content (AvgIpc) is 2.47. The zero-order chi connectivity index (χ0) is 12.4. The van der Waals surface area contributed by atoms with Crippen LogP contribution in [0.15, 0.2) is 36.4 Å². The van der Waals surface area contributed by atoms with Crippen LogP contribution in [0.2, 0.25) is 0 Å². The maximum Gasteiger partial charge on any atom is 0.0706 e. The van der Waals surface area contributed by atoms with E-state index in [1.807, 2.05) is 12.1 Å².